The highest BCUT2D eigenvalue weighted by Gasteiger charge is 2.24. The zero-order valence-electron chi connectivity index (χ0n) is 14.6. The summed E-state index contributed by atoms with van der Waals surface area (Å²) in [4.78, 5) is 24.2. The molecule has 0 aliphatic rings. The molecule has 0 fully saturated rings. The maximum absolute atomic E-state index is 13.7. The average Bonchev–Trinajstić information content (AvgIpc) is 2.57. The lowest BCUT2D eigenvalue weighted by molar-refractivity contribution is -0.159. The van der Waals surface area contributed by atoms with Gasteiger partial charge in [0.05, 0.1) is 5.69 Å². The summed E-state index contributed by atoms with van der Waals surface area (Å²) in [5.41, 5.74) is 0.937. The number of benzene rings is 2. The summed E-state index contributed by atoms with van der Waals surface area (Å²) >= 11 is 5.66. The molecular weight excluding hydrogens is 361 g/mol. The molecule has 1 N–H and O–H groups in total. The van der Waals surface area contributed by atoms with Crippen LogP contribution < -0.4 is 10.1 Å². The second-order valence-corrected chi connectivity index (χ2v) is 6.21. The Balaban J connectivity index is 1.91. The number of amides is 1. The van der Waals surface area contributed by atoms with E-state index in [9.17, 15) is 14.0 Å². The van der Waals surface area contributed by atoms with Crippen molar-refractivity contribution < 1.29 is 23.5 Å². The monoisotopic (exact) mass is 379 g/mol. The predicted molar refractivity (Wildman–Crippen MR) is 96.9 cm³/mol. The standard InChI is InChI=1S/C19H19ClFNO4/c1-11-5-4-6-15(9-11)25-13(3)19(24)26-12(2)18(23)22-17-8-7-14(20)10-16(17)21/h4-10,12-13H,1-3H3,(H,22,23)/t12-,13-/m0/s1. The lowest BCUT2D eigenvalue weighted by atomic mass is 10.2. The summed E-state index contributed by atoms with van der Waals surface area (Å²) < 4.78 is 24.3. The van der Waals surface area contributed by atoms with Gasteiger partial charge in [0.1, 0.15) is 11.6 Å². The van der Waals surface area contributed by atoms with Gasteiger partial charge in [0.25, 0.3) is 5.91 Å². The molecule has 1 amide bonds. The third-order valence-electron chi connectivity index (χ3n) is 3.49. The van der Waals surface area contributed by atoms with Gasteiger partial charge in [-0.25, -0.2) is 9.18 Å². The summed E-state index contributed by atoms with van der Waals surface area (Å²) in [7, 11) is 0. The molecule has 138 valence electrons. The Morgan fingerprint density at radius 3 is 2.50 bits per heavy atom. The predicted octanol–water partition coefficient (Wildman–Crippen LogP) is 4.13. The normalized spacial score (nSPS) is 12.8. The number of halogens is 2. The van der Waals surface area contributed by atoms with Crippen molar-refractivity contribution in [2.75, 3.05) is 5.32 Å². The number of aryl methyl sites for hydroxylation is 1. The highest BCUT2D eigenvalue weighted by atomic mass is 35.5. The number of hydrogen-bond acceptors (Lipinski definition) is 4. The Labute approximate surface area is 156 Å². The molecular formula is C19H19ClFNO4. The first-order chi connectivity index (χ1) is 12.3. The summed E-state index contributed by atoms with van der Waals surface area (Å²) in [6.45, 7) is 4.81. The fourth-order valence-electron chi connectivity index (χ4n) is 2.09. The number of anilines is 1. The van der Waals surface area contributed by atoms with Crippen LogP contribution in [0.25, 0.3) is 0 Å². The third-order valence-corrected chi connectivity index (χ3v) is 3.72. The Morgan fingerprint density at radius 2 is 1.85 bits per heavy atom. The number of carbonyl (C=O) groups excluding carboxylic acids is 2. The van der Waals surface area contributed by atoms with E-state index in [0.717, 1.165) is 11.6 Å². The quantitative estimate of drug-likeness (QED) is 0.766. The maximum atomic E-state index is 13.7. The molecule has 0 bridgehead atoms. The van der Waals surface area contributed by atoms with Crippen LogP contribution in [0.5, 0.6) is 5.75 Å². The van der Waals surface area contributed by atoms with E-state index in [1.165, 1.54) is 26.0 Å². The van der Waals surface area contributed by atoms with Gasteiger partial charge in [-0.05, 0) is 56.7 Å². The molecule has 0 unspecified atom stereocenters. The SMILES string of the molecule is Cc1cccc(O[C@@H](C)C(=O)O[C@@H](C)C(=O)Nc2ccc(Cl)cc2F)c1. The van der Waals surface area contributed by atoms with Crippen LogP contribution in [-0.4, -0.2) is 24.1 Å². The molecule has 2 aromatic rings. The van der Waals surface area contributed by atoms with E-state index < -0.39 is 29.9 Å². The van der Waals surface area contributed by atoms with Gasteiger partial charge < -0.3 is 14.8 Å². The first-order valence-electron chi connectivity index (χ1n) is 7.96. The van der Waals surface area contributed by atoms with Crippen molar-refractivity contribution >= 4 is 29.2 Å². The van der Waals surface area contributed by atoms with Crippen LogP contribution in [0.1, 0.15) is 19.4 Å². The lowest BCUT2D eigenvalue weighted by Crippen LogP contribution is -2.35. The highest BCUT2D eigenvalue weighted by molar-refractivity contribution is 6.30. The van der Waals surface area contributed by atoms with Gasteiger partial charge in [-0.15, -0.1) is 0 Å². The number of nitrogens with one attached hydrogen (secondary N) is 1. The van der Waals surface area contributed by atoms with E-state index >= 15 is 0 Å². The van der Waals surface area contributed by atoms with E-state index in [-0.39, 0.29) is 10.7 Å². The van der Waals surface area contributed by atoms with Gasteiger partial charge in [-0.3, -0.25) is 4.79 Å². The molecule has 0 heterocycles. The second kappa shape index (κ2) is 8.67. The minimum atomic E-state index is -1.12. The molecule has 5 nitrogen and oxygen atoms in total. The number of carbonyl (C=O) groups is 2. The summed E-state index contributed by atoms with van der Waals surface area (Å²) in [6.07, 6.45) is -2.03. The first kappa shape index (κ1) is 19.7. The van der Waals surface area contributed by atoms with Gasteiger partial charge >= 0.3 is 5.97 Å². The van der Waals surface area contributed by atoms with Crippen LogP contribution in [0.15, 0.2) is 42.5 Å². The van der Waals surface area contributed by atoms with Crippen molar-refractivity contribution in [2.24, 2.45) is 0 Å². The number of hydrogen-bond donors (Lipinski definition) is 1. The Kier molecular flexibility index (Phi) is 6.58. The second-order valence-electron chi connectivity index (χ2n) is 5.77. The maximum Gasteiger partial charge on any atom is 0.347 e. The fourth-order valence-corrected chi connectivity index (χ4v) is 2.25. The zero-order valence-corrected chi connectivity index (χ0v) is 15.3. The molecule has 0 spiro atoms. The van der Waals surface area contributed by atoms with Gasteiger partial charge in [0.2, 0.25) is 0 Å². The van der Waals surface area contributed by atoms with E-state index in [1.54, 1.807) is 18.2 Å². The largest absolute Gasteiger partial charge is 0.479 e. The van der Waals surface area contributed by atoms with Gasteiger partial charge in [0, 0.05) is 5.02 Å². The number of rotatable bonds is 6. The van der Waals surface area contributed by atoms with Gasteiger partial charge in [-0.2, -0.15) is 0 Å². The van der Waals surface area contributed by atoms with Crippen LogP contribution in [0.2, 0.25) is 5.02 Å². The smallest absolute Gasteiger partial charge is 0.347 e. The number of esters is 1. The van der Waals surface area contributed by atoms with Crippen LogP contribution in [0, 0.1) is 12.7 Å². The molecule has 26 heavy (non-hydrogen) atoms. The molecule has 0 radical (unpaired) electrons. The van der Waals surface area contributed by atoms with Crippen molar-refractivity contribution in [1.82, 2.24) is 0 Å². The Morgan fingerprint density at radius 1 is 1.12 bits per heavy atom. The number of ether oxygens (including phenoxy) is 2. The van der Waals surface area contributed by atoms with E-state index in [1.807, 2.05) is 13.0 Å². The van der Waals surface area contributed by atoms with Crippen LogP contribution in [0.4, 0.5) is 10.1 Å². The van der Waals surface area contributed by atoms with E-state index in [2.05, 4.69) is 5.32 Å². The van der Waals surface area contributed by atoms with E-state index in [4.69, 9.17) is 21.1 Å². The summed E-state index contributed by atoms with van der Waals surface area (Å²) in [5.74, 6) is -1.52. The van der Waals surface area contributed by atoms with Crippen LogP contribution in [0.3, 0.4) is 0 Å². The molecule has 2 aromatic carbocycles. The minimum absolute atomic E-state index is 0.0497. The zero-order chi connectivity index (χ0) is 19.3. The molecule has 7 heteroatoms. The molecule has 2 rings (SSSR count). The van der Waals surface area contributed by atoms with Crippen LogP contribution >= 0.6 is 11.6 Å². The van der Waals surface area contributed by atoms with Crippen molar-refractivity contribution in [3.63, 3.8) is 0 Å². The van der Waals surface area contributed by atoms with Gasteiger partial charge in [-0.1, -0.05) is 23.7 Å². The fraction of sp³-hybridized carbons (Fsp3) is 0.263. The molecule has 2 atom stereocenters. The Hall–Kier alpha value is -2.60. The van der Waals surface area contributed by atoms with Crippen molar-refractivity contribution in [3.8, 4) is 5.75 Å². The molecule has 0 saturated heterocycles. The summed E-state index contributed by atoms with van der Waals surface area (Å²) in [5, 5.41) is 2.56. The van der Waals surface area contributed by atoms with Crippen molar-refractivity contribution in [2.45, 2.75) is 33.0 Å². The van der Waals surface area contributed by atoms with E-state index in [0.29, 0.717) is 5.75 Å². The average molecular weight is 380 g/mol. The lowest BCUT2D eigenvalue weighted by Gasteiger charge is -2.18. The molecule has 0 aliphatic carbocycles. The molecule has 0 aromatic heterocycles. The first-order valence-corrected chi connectivity index (χ1v) is 8.34. The molecule has 0 aliphatic heterocycles. The highest BCUT2D eigenvalue weighted by Crippen LogP contribution is 2.19. The van der Waals surface area contributed by atoms with Crippen LogP contribution in [-0.2, 0) is 14.3 Å². The minimum Gasteiger partial charge on any atom is -0.479 e. The molecule has 0 saturated carbocycles. The third kappa shape index (κ3) is 5.46. The van der Waals surface area contributed by atoms with Crippen molar-refractivity contribution in [1.29, 1.82) is 0 Å². The van der Waals surface area contributed by atoms with Crippen molar-refractivity contribution in [3.05, 3.63) is 58.9 Å². The topological polar surface area (TPSA) is 64.6 Å². The van der Waals surface area contributed by atoms with Gasteiger partial charge in [0.15, 0.2) is 12.2 Å². The summed E-state index contributed by atoms with van der Waals surface area (Å²) in [6, 6.07) is 11.0. The Bertz CT molecular complexity index is 812.